The van der Waals surface area contributed by atoms with Gasteiger partial charge in [0.05, 0.1) is 11.4 Å². The molecule has 3 aromatic rings. The average molecular weight is 547 g/mol. The number of hydrogen-bond acceptors (Lipinski definition) is 7. The lowest BCUT2D eigenvalue weighted by molar-refractivity contribution is 0.0949. The van der Waals surface area contributed by atoms with Gasteiger partial charge >= 0.3 is 0 Å². The minimum atomic E-state index is -3.24. The Morgan fingerprint density at radius 2 is 2.06 bits per heavy atom. The summed E-state index contributed by atoms with van der Waals surface area (Å²) in [5.74, 6) is -0.426. The van der Waals surface area contributed by atoms with E-state index in [0.717, 1.165) is 10.0 Å². The molecule has 0 unspecified atom stereocenters. The second-order valence-corrected chi connectivity index (χ2v) is 12.4. The second-order valence-electron chi connectivity index (χ2n) is 8.90. The van der Waals surface area contributed by atoms with Gasteiger partial charge in [0.15, 0.2) is 9.84 Å². The number of amides is 1. The van der Waals surface area contributed by atoms with Crippen molar-refractivity contribution in [3.05, 3.63) is 62.5 Å². The fraction of sp³-hybridized carbons (Fsp3) is 0.391. The SMILES string of the molecule is Cn1c(=O)c(C(=O)NCc2cccc(Br)c2)cc2cnnc(OCC3(S(=O)(=O)C4CC4)CC3)c21. The number of benzene rings is 1. The second kappa shape index (κ2) is 8.46. The van der Waals surface area contributed by atoms with Gasteiger partial charge in [-0.15, -0.1) is 5.10 Å². The van der Waals surface area contributed by atoms with Crippen molar-refractivity contribution in [3.63, 3.8) is 0 Å². The molecule has 5 rings (SSSR count). The molecule has 1 amide bonds. The van der Waals surface area contributed by atoms with E-state index in [1.165, 1.54) is 23.9 Å². The summed E-state index contributed by atoms with van der Waals surface area (Å²) >= 11 is 3.39. The van der Waals surface area contributed by atoms with Crippen molar-refractivity contribution in [3.8, 4) is 5.88 Å². The number of nitrogens with one attached hydrogen (secondary N) is 1. The molecule has 2 saturated carbocycles. The summed E-state index contributed by atoms with van der Waals surface area (Å²) in [4.78, 5) is 25.8. The third kappa shape index (κ3) is 4.11. The van der Waals surface area contributed by atoms with Gasteiger partial charge in [-0.3, -0.25) is 9.59 Å². The van der Waals surface area contributed by atoms with Gasteiger partial charge in [-0.2, -0.15) is 5.10 Å². The van der Waals surface area contributed by atoms with Crippen LogP contribution >= 0.6 is 15.9 Å². The van der Waals surface area contributed by atoms with Crippen molar-refractivity contribution in [2.24, 2.45) is 7.05 Å². The van der Waals surface area contributed by atoms with E-state index in [1.807, 2.05) is 24.3 Å². The summed E-state index contributed by atoms with van der Waals surface area (Å²) in [5.41, 5.74) is 0.711. The Kier molecular flexibility index (Phi) is 5.71. The summed E-state index contributed by atoms with van der Waals surface area (Å²) in [7, 11) is -1.72. The number of aromatic nitrogens is 3. The molecule has 34 heavy (non-hydrogen) atoms. The van der Waals surface area contributed by atoms with Crippen molar-refractivity contribution >= 4 is 42.6 Å². The van der Waals surface area contributed by atoms with Crippen LogP contribution in [0, 0.1) is 0 Å². The van der Waals surface area contributed by atoms with Gasteiger partial charge in [-0.05, 0) is 49.4 Å². The molecule has 2 fully saturated rings. The van der Waals surface area contributed by atoms with E-state index in [1.54, 1.807) is 0 Å². The molecule has 2 heterocycles. The lowest BCUT2D eigenvalue weighted by Gasteiger charge is -2.17. The summed E-state index contributed by atoms with van der Waals surface area (Å²) < 4.78 is 32.7. The smallest absolute Gasteiger partial charge is 0.263 e. The molecule has 0 atom stereocenters. The number of pyridine rings is 1. The fourth-order valence-corrected chi connectivity index (χ4v) is 6.89. The number of carbonyl (C=O) groups excluding carboxylic acids is 1. The molecule has 2 aliphatic carbocycles. The highest BCUT2D eigenvalue weighted by atomic mass is 79.9. The van der Waals surface area contributed by atoms with Gasteiger partial charge in [-0.1, -0.05) is 28.1 Å². The van der Waals surface area contributed by atoms with Crippen molar-refractivity contribution in [1.82, 2.24) is 20.1 Å². The maximum atomic E-state index is 13.0. The standard InChI is InChI=1S/C23H23BrN4O5S/c1-28-19-15(10-18(22(28)30)20(29)25-11-14-3-2-4-16(24)9-14)12-26-27-21(19)33-13-23(7-8-23)34(31,32)17-5-6-17/h2-4,9-10,12,17H,5-8,11,13H2,1H3,(H,25,29). The molecule has 9 nitrogen and oxygen atoms in total. The molecule has 178 valence electrons. The minimum absolute atomic E-state index is 0.0251. The summed E-state index contributed by atoms with van der Waals surface area (Å²) in [5, 5.41) is 11.0. The number of hydrogen-bond donors (Lipinski definition) is 1. The normalized spacial score (nSPS) is 16.9. The van der Waals surface area contributed by atoms with E-state index in [0.29, 0.717) is 36.6 Å². The lowest BCUT2D eigenvalue weighted by Crippen LogP contribution is -2.34. The largest absolute Gasteiger partial charge is 0.473 e. The van der Waals surface area contributed by atoms with Crippen LogP contribution in [0.4, 0.5) is 0 Å². The molecular weight excluding hydrogens is 524 g/mol. The molecular formula is C23H23BrN4O5S. The third-order valence-electron chi connectivity index (χ3n) is 6.42. The molecule has 1 aromatic carbocycles. The Labute approximate surface area is 204 Å². The van der Waals surface area contributed by atoms with E-state index in [2.05, 4.69) is 31.4 Å². The number of carbonyl (C=O) groups is 1. The molecule has 0 saturated heterocycles. The van der Waals surface area contributed by atoms with Gasteiger partial charge in [0, 0.05) is 23.5 Å². The van der Waals surface area contributed by atoms with Crippen LogP contribution in [0.1, 0.15) is 41.6 Å². The van der Waals surface area contributed by atoms with Crippen molar-refractivity contribution in [2.75, 3.05) is 6.61 Å². The number of fused-ring (bicyclic) bond motifs is 1. The number of sulfone groups is 1. The van der Waals surface area contributed by atoms with E-state index >= 15 is 0 Å². The Morgan fingerprint density at radius 1 is 1.29 bits per heavy atom. The number of halogens is 1. The Hall–Kier alpha value is -2.79. The van der Waals surface area contributed by atoms with Crippen LogP contribution in [0.5, 0.6) is 5.88 Å². The van der Waals surface area contributed by atoms with Crippen LogP contribution in [0.15, 0.2) is 45.8 Å². The van der Waals surface area contributed by atoms with Crippen molar-refractivity contribution < 1.29 is 17.9 Å². The van der Waals surface area contributed by atoms with E-state index in [9.17, 15) is 18.0 Å². The molecule has 0 bridgehead atoms. The molecule has 2 aromatic heterocycles. The predicted octanol–water partition coefficient (Wildman–Crippen LogP) is 2.51. The zero-order valence-corrected chi connectivity index (χ0v) is 20.9. The Balaban J connectivity index is 1.39. The first-order chi connectivity index (χ1) is 16.2. The fourth-order valence-electron chi connectivity index (χ4n) is 4.08. The van der Waals surface area contributed by atoms with E-state index < -0.39 is 26.1 Å². The van der Waals surface area contributed by atoms with Crippen LogP contribution in [0.3, 0.4) is 0 Å². The number of nitrogens with zero attached hydrogens (tertiary/aromatic N) is 3. The molecule has 0 radical (unpaired) electrons. The van der Waals surface area contributed by atoms with Gasteiger partial charge < -0.3 is 14.6 Å². The molecule has 0 spiro atoms. The highest BCUT2D eigenvalue weighted by molar-refractivity contribution is 9.10. The maximum absolute atomic E-state index is 13.0. The van der Waals surface area contributed by atoms with Gasteiger partial charge in [0.1, 0.15) is 22.4 Å². The monoisotopic (exact) mass is 546 g/mol. The van der Waals surface area contributed by atoms with Crippen LogP contribution < -0.4 is 15.6 Å². The zero-order chi connectivity index (χ0) is 24.1. The highest BCUT2D eigenvalue weighted by Gasteiger charge is 2.60. The van der Waals surface area contributed by atoms with Crippen molar-refractivity contribution in [1.29, 1.82) is 0 Å². The number of rotatable bonds is 8. The lowest BCUT2D eigenvalue weighted by atomic mass is 10.1. The minimum Gasteiger partial charge on any atom is -0.473 e. The van der Waals surface area contributed by atoms with Crippen LogP contribution in [0.2, 0.25) is 0 Å². The first kappa shape index (κ1) is 23.0. The number of ether oxygens (including phenoxy) is 1. The van der Waals surface area contributed by atoms with Crippen LogP contribution in [0.25, 0.3) is 10.9 Å². The van der Waals surface area contributed by atoms with Gasteiger partial charge in [0.25, 0.3) is 17.3 Å². The quantitative estimate of drug-likeness (QED) is 0.460. The predicted molar refractivity (Wildman–Crippen MR) is 129 cm³/mol. The highest BCUT2D eigenvalue weighted by Crippen LogP contribution is 2.50. The molecule has 2 aliphatic rings. The number of aryl methyl sites for hydroxylation is 1. The Bertz CT molecular complexity index is 1460. The first-order valence-electron chi connectivity index (χ1n) is 11.0. The van der Waals surface area contributed by atoms with Crippen molar-refractivity contribution in [2.45, 2.75) is 42.2 Å². The molecule has 11 heteroatoms. The van der Waals surface area contributed by atoms with Gasteiger partial charge in [0.2, 0.25) is 0 Å². The summed E-state index contributed by atoms with van der Waals surface area (Å²) in [6.07, 6.45) is 3.98. The summed E-state index contributed by atoms with van der Waals surface area (Å²) in [6, 6.07) is 8.97. The zero-order valence-electron chi connectivity index (χ0n) is 18.5. The summed E-state index contributed by atoms with van der Waals surface area (Å²) in [6.45, 7) is 0.239. The molecule has 1 N–H and O–H groups in total. The van der Waals surface area contributed by atoms with E-state index in [-0.39, 0.29) is 29.8 Å². The topological polar surface area (TPSA) is 120 Å². The molecule has 0 aliphatic heterocycles. The van der Waals surface area contributed by atoms with Crippen LogP contribution in [-0.2, 0) is 23.4 Å². The Morgan fingerprint density at radius 3 is 2.74 bits per heavy atom. The van der Waals surface area contributed by atoms with E-state index in [4.69, 9.17) is 4.74 Å². The van der Waals surface area contributed by atoms with Crippen LogP contribution in [-0.4, -0.2) is 45.7 Å². The average Bonchev–Trinajstić information content (AvgIpc) is 3.72. The first-order valence-corrected chi connectivity index (χ1v) is 13.3. The van der Waals surface area contributed by atoms with Gasteiger partial charge in [-0.25, -0.2) is 8.42 Å². The maximum Gasteiger partial charge on any atom is 0.263 e. The third-order valence-corrected chi connectivity index (χ3v) is 10.0.